The lowest BCUT2D eigenvalue weighted by molar-refractivity contribution is -0.143. The minimum absolute atomic E-state index is 0.0170. The first kappa shape index (κ1) is 28.2. The van der Waals surface area contributed by atoms with Crippen molar-refractivity contribution in [2.45, 2.75) is 63.3 Å². The number of carbonyl (C=O) groups excluding carboxylic acids is 4. The van der Waals surface area contributed by atoms with Crippen LogP contribution in [-0.2, 0) is 50.7 Å². The number of ether oxygens (including phenoxy) is 1. The van der Waals surface area contributed by atoms with E-state index < -0.39 is 24.1 Å². The average Bonchev–Trinajstić information content (AvgIpc) is 3.61. The quantitative estimate of drug-likeness (QED) is 0.429. The predicted octanol–water partition coefficient (Wildman–Crippen LogP) is 3.65. The van der Waals surface area contributed by atoms with Crippen LogP contribution >= 0.6 is 0 Å². The van der Waals surface area contributed by atoms with E-state index in [2.05, 4.69) is 5.10 Å². The third kappa shape index (κ3) is 4.84. The minimum Gasteiger partial charge on any atom is -0.427 e. The Morgan fingerprint density at radius 2 is 1.82 bits per heavy atom. The van der Waals surface area contributed by atoms with Gasteiger partial charge >= 0.3 is 6.09 Å². The number of benzene rings is 2. The first-order valence-corrected chi connectivity index (χ1v) is 15.1. The van der Waals surface area contributed by atoms with Crippen molar-refractivity contribution in [3.63, 3.8) is 0 Å². The summed E-state index contributed by atoms with van der Waals surface area (Å²) in [4.78, 5) is 57.2. The summed E-state index contributed by atoms with van der Waals surface area (Å²) in [6.45, 7) is 0.0602. The average molecular weight is 600 g/mol. The fraction of sp³-hybridized carbons (Fsp3) is 0.424. The van der Waals surface area contributed by atoms with Crippen LogP contribution in [0.25, 0.3) is 11.1 Å². The minimum atomic E-state index is -1.45. The molecule has 0 bridgehead atoms. The normalized spacial score (nSPS) is 22.6. The van der Waals surface area contributed by atoms with Gasteiger partial charge in [0.2, 0.25) is 17.4 Å². The van der Waals surface area contributed by atoms with Gasteiger partial charge in [-0.1, -0.05) is 24.3 Å². The van der Waals surface area contributed by atoms with Crippen LogP contribution in [0.5, 0.6) is 0 Å². The summed E-state index contributed by atoms with van der Waals surface area (Å²) in [7, 11) is 3.39. The maximum absolute atomic E-state index is 13.9. The van der Waals surface area contributed by atoms with Gasteiger partial charge in [-0.05, 0) is 72.4 Å². The van der Waals surface area contributed by atoms with Gasteiger partial charge in [-0.2, -0.15) is 5.10 Å². The summed E-state index contributed by atoms with van der Waals surface area (Å²) in [5.41, 5.74) is 3.56. The highest BCUT2D eigenvalue weighted by Gasteiger charge is 2.58. The van der Waals surface area contributed by atoms with Gasteiger partial charge in [0.1, 0.15) is 18.9 Å². The molecule has 2 atom stereocenters. The molecule has 1 unspecified atom stereocenters. The summed E-state index contributed by atoms with van der Waals surface area (Å²) < 4.78 is 21.3. The molecular weight excluding hydrogens is 565 g/mol. The van der Waals surface area contributed by atoms with E-state index >= 15 is 0 Å². The van der Waals surface area contributed by atoms with Gasteiger partial charge in [0, 0.05) is 50.4 Å². The summed E-state index contributed by atoms with van der Waals surface area (Å²) in [6.07, 6.45) is 6.96. The molecule has 10 nitrogen and oxygen atoms in total. The van der Waals surface area contributed by atoms with Gasteiger partial charge in [-0.3, -0.25) is 19.1 Å². The topological polar surface area (TPSA) is 105 Å². The molecule has 2 aliphatic carbocycles. The van der Waals surface area contributed by atoms with Crippen LogP contribution in [0.4, 0.5) is 9.18 Å². The van der Waals surface area contributed by atoms with Crippen molar-refractivity contribution in [1.29, 1.82) is 0 Å². The zero-order valence-corrected chi connectivity index (χ0v) is 24.8. The number of imide groups is 1. The molecule has 1 spiro atoms. The van der Waals surface area contributed by atoms with Crippen LogP contribution in [0, 0.1) is 11.7 Å². The Hall–Kier alpha value is -4.54. The van der Waals surface area contributed by atoms with E-state index in [9.17, 15) is 23.6 Å². The summed E-state index contributed by atoms with van der Waals surface area (Å²) in [6, 6.07) is 10.3. The Bertz CT molecular complexity index is 1700. The third-order valence-electron chi connectivity index (χ3n) is 9.52. The van der Waals surface area contributed by atoms with E-state index in [0.717, 1.165) is 52.0 Å². The van der Waals surface area contributed by atoms with Crippen molar-refractivity contribution >= 4 is 23.8 Å². The van der Waals surface area contributed by atoms with Crippen LogP contribution in [0.15, 0.2) is 48.8 Å². The smallest absolute Gasteiger partial charge is 0.418 e. The zero-order chi connectivity index (χ0) is 30.7. The second-order valence-electron chi connectivity index (χ2n) is 12.6. The number of amides is 4. The Labute approximate surface area is 254 Å². The van der Waals surface area contributed by atoms with Gasteiger partial charge in [0.25, 0.3) is 5.91 Å². The predicted molar refractivity (Wildman–Crippen MR) is 156 cm³/mol. The highest BCUT2D eigenvalue weighted by Crippen LogP contribution is 2.46. The zero-order valence-electron chi connectivity index (χ0n) is 24.8. The van der Waals surface area contributed by atoms with E-state index in [0.29, 0.717) is 37.3 Å². The van der Waals surface area contributed by atoms with Crippen molar-refractivity contribution in [2.75, 3.05) is 20.6 Å². The number of nitrogens with zero attached hydrogens (tertiary/aromatic N) is 5. The number of fused-ring (bicyclic) bond motifs is 3. The Kier molecular flexibility index (Phi) is 6.78. The molecule has 228 valence electrons. The monoisotopic (exact) mass is 599 g/mol. The third-order valence-corrected chi connectivity index (χ3v) is 9.52. The van der Waals surface area contributed by atoms with Crippen LogP contribution in [-0.4, -0.2) is 75.0 Å². The number of rotatable bonds is 6. The largest absolute Gasteiger partial charge is 0.427 e. The SMILES string of the molecule is CN(C)C(=O)Cn1cc(-c2ccc3c(c2)CCC32OC(=O)N(CC(=O)N3Cc4ccc(F)cc4CC[C@H]3C3CC3)C2=O)cn1. The molecule has 7 rings (SSSR count). The molecule has 1 saturated carbocycles. The van der Waals surface area contributed by atoms with E-state index in [4.69, 9.17) is 4.74 Å². The standard InChI is InChI=1S/C33H34FN5O5/c1-36(2)29(40)18-37-16-25(15-35-37)21-6-9-27-23(13-21)11-12-33(27)31(42)39(32(43)44-33)19-30(41)38-17-24-5-8-26(34)14-22(24)7-10-28(38)20-3-4-20/h5-6,8-9,13-16,20,28H,3-4,7,10-12,17-19H2,1-2H3/t28-,33?/m0/s1. The van der Waals surface area contributed by atoms with Crippen LogP contribution in [0.2, 0.25) is 0 Å². The fourth-order valence-electron chi connectivity index (χ4n) is 6.92. The van der Waals surface area contributed by atoms with E-state index in [1.165, 1.54) is 11.0 Å². The maximum atomic E-state index is 13.9. The fourth-order valence-corrected chi connectivity index (χ4v) is 6.92. The number of hydrogen-bond acceptors (Lipinski definition) is 6. The van der Waals surface area contributed by atoms with Crippen molar-refractivity contribution in [2.24, 2.45) is 5.92 Å². The number of aromatic nitrogens is 2. The molecule has 11 heteroatoms. The maximum Gasteiger partial charge on any atom is 0.418 e. The molecule has 3 heterocycles. The number of hydrogen-bond donors (Lipinski definition) is 0. The molecule has 0 N–H and O–H groups in total. The highest BCUT2D eigenvalue weighted by atomic mass is 19.1. The van der Waals surface area contributed by atoms with Crippen molar-refractivity contribution in [1.82, 2.24) is 24.5 Å². The van der Waals surface area contributed by atoms with Gasteiger partial charge in [-0.15, -0.1) is 0 Å². The molecule has 1 saturated heterocycles. The van der Waals surface area contributed by atoms with Crippen molar-refractivity contribution in [3.8, 4) is 11.1 Å². The molecule has 1 aromatic heterocycles. The van der Waals surface area contributed by atoms with Gasteiger partial charge in [-0.25, -0.2) is 14.1 Å². The van der Waals surface area contributed by atoms with E-state index in [1.807, 2.05) is 18.2 Å². The molecule has 3 aromatic rings. The number of halogens is 1. The first-order chi connectivity index (χ1) is 21.1. The van der Waals surface area contributed by atoms with Gasteiger partial charge in [0.15, 0.2) is 0 Å². The van der Waals surface area contributed by atoms with Crippen LogP contribution < -0.4 is 0 Å². The molecule has 0 radical (unpaired) electrons. The Balaban J connectivity index is 1.10. The molecule has 2 aromatic carbocycles. The molecule has 2 aliphatic heterocycles. The number of carbonyl (C=O) groups is 4. The summed E-state index contributed by atoms with van der Waals surface area (Å²) in [5, 5.41) is 4.31. The van der Waals surface area contributed by atoms with E-state index in [-0.39, 0.29) is 30.2 Å². The first-order valence-electron chi connectivity index (χ1n) is 15.1. The molecule has 4 amide bonds. The van der Waals surface area contributed by atoms with Crippen LogP contribution in [0.1, 0.15) is 47.9 Å². The molecular formula is C33H34FN5O5. The lowest BCUT2D eigenvalue weighted by Crippen LogP contribution is -2.48. The van der Waals surface area contributed by atoms with E-state index in [1.54, 1.807) is 48.2 Å². The lowest BCUT2D eigenvalue weighted by atomic mass is 9.93. The lowest BCUT2D eigenvalue weighted by Gasteiger charge is -2.31. The Morgan fingerprint density at radius 3 is 2.59 bits per heavy atom. The van der Waals surface area contributed by atoms with Crippen LogP contribution in [0.3, 0.4) is 0 Å². The summed E-state index contributed by atoms with van der Waals surface area (Å²) >= 11 is 0. The Morgan fingerprint density at radius 1 is 1.00 bits per heavy atom. The number of likely N-dealkylation sites (N-methyl/N-ethyl adjacent to an activating group) is 1. The molecule has 4 aliphatic rings. The van der Waals surface area contributed by atoms with Gasteiger partial charge in [0.05, 0.1) is 6.20 Å². The van der Waals surface area contributed by atoms with Crippen molar-refractivity contribution in [3.05, 3.63) is 76.9 Å². The number of aryl methyl sites for hydroxylation is 2. The van der Waals surface area contributed by atoms with Gasteiger partial charge < -0.3 is 14.5 Å². The van der Waals surface area contributed by atoms with Crippen molar-refractivity contribution < 1.29 is 28.3 Å². The summed E-state index contributed by atoms with van der Waals surface area (Å²) in [5.74, 6) is -0.809. The second kappa shape index (κ2) is 10.6. The highest BCUT2D eigenvalue weighted by molar-refractivity contribution is 6.06. The molecule has 44 heavy (non-hydrogen) atoms. The molecule has 2 fully saturated rings. The second-order valence-corrected chi connectivity index (χ2v) is 12.6.